The van der Waals surface area contributed by atoms with Gasteiger partial charge in [-0.3, -0.25) is 0 Å². The molecule has 4 heteroatoms. The van der Waals surface area contributed by atoms with E-state index in [0.717, 1.165) is 0 Å². The van der Waals surface area contributed by atoms with Gasteiger partial charge in [-0.05, 0) is 0 Å². The zero-order valence-corrected chi connectivity index (χ0v) is 18.6. The first-order chi connectivity index (χ1) is 11.9. The molecule has 2 aromatic carbocycles. The van der Waals surface area contributed by atoms with E-state index >= 15 is 0 Å². The Labute approximate surface area is 162 Å². The summed E-state index contributed by atoms with van der Waals surface area (Å²) >= 11 is -3.33. The second-order valence-corrected chi connectivity index (χ2v) is 19.3. The molecular formula is C21H21Cl2PTi. The van der Waals surface area contributed by atoms with Crippen LogP contribution in [0, 0.1) is 0 Å². The van der Waals surface area contributed by atoms with Crippen molar-refractivity contribution in [3.63, 3.8) is 0 Å². The summed E-state index contributed by atoms with van der Waals surface area (Å²) in [6.45, 7) is 6.83. The summed E-state index contributed by atoms with van der Waals surface area (Å²) in [5.74, 6) is 0. The van der Waals surface area contributed by atoms with Gasteiger partial charge in [-0.2, -0.15) is 0 Å². The van der Waals surface area contributed by atoms with E-state index in [0.29, 0.717) is 0 Å². The molecule has 0 amide bonds. The fourth-order valence-corrected chi connectivity index (χ4v) is 16.8. The molecular weight excluding hydrogens is 402 g/mol. The quantitative estimate of drug-likeness (QED) is 0.356. The first-order valence-corrected chi connectivity index (χ1v) is 16.9. The molecule has 0 aliphatic heterocycles. The molecule has 0 spiro atoms. The van der Waals surface area contributed by atoms with Gasteiger partial charge in [0.15, 0.2) is 0 Å². The minimum absolute atomic E-state index is 0.203. The van der Waals surface area contributed by atoms with Gasteiger partial charge in [0.05, 0.1) is 0 Å². The number of halogens is 2. The summed E-state index contributed by atoms with van der Waals surface area (Å²) in [5, 5.41) is 1.47. The van der Waals surface area contributed by atoms with Gasteiger partial charge in [-0.25, -0.2) is 0 Å². The van der Waals surface area contributed by atoms with Gasteiger partial charge in [0.25, 0.3) is 0 Å². The van der Waals surface area contributed by atoms with Gasteiger partial charge in [-0.1, -0.05) is 0 Å². The van der Waals surface area contributed by atoms with E-state index in [-0.39, 0.29) is 16.4 Å². The van der Waals surface area contributed by atoms with E-state index in [1.165, 1.54) is 33.1 Å². The molecule has 4 rings (SSSR count). The Bertz CT molecular complexity index is 898. The van der Waals surface area contributed by atoms with Crippen molar-refractivity contribution in [1.29, 1.82) is 0 Å². The Morgan fingerprint density at radius 3 is 1.92 bits per heavy atom. The molecule has 25 heavy (non-hydrogen) atoms. The van der Waals surface area contributed by atoms with Crippen LogP contribution in [-0.2, 0) is 14.5 Å². The Hall–Kier alpha value is -0.356. The van der Waals surface area contributed by atoms with E-state index in [2.05, 4.69) is 80.9 Å². The van der Waals surface area contributed by atoms with Crippen molar-refractivity contribution < 1.29 is 14.5 Å². The fourth-order valence-electron chi connectivity index (χ4n) is 4.26. The second-order valence-electron chi connectivity index (χ2n) is 7.15. The molecule has 0 radical (unpaired) electrons. The van der Waals surface area contributed by atoms with Crippen LogP contribution in [0.1, 0.15) is 37.6 Å². The zero-order chi connectivity index (χ0) is 17.8. The predicted molar refractivity (Wildman–Crippen MR) is 110 cm³/mol. The Morgan fingerprint density at radius 1 is 0.800 bits per heavy atom. The Balaban J connectivity index is 1.85. The maximum atomic E-state index is 7.42. The average Bonchev–Trinajstić information content (AvgIpc) is 3.12. The number of benzene rings is 2. The van der Waals surface area contributed by atoms with Crippen LogP contribution < -0.4 is 0 Å². The fraction of sp³-hybridized carbons (Fsp3) is 0.238. The number of hydrogen-bond donors (Lipinski definition) is 0. The van der Waals surface area contributed by atoms with Gasteiger partial charge in [0.2, 0.25) is 0 Å². The van der Waals surface area contributed by atoms with E-state index in [1.807, 2.05) is 0 Å². The molecule has 2 aliphatic rings. The summed E-state index contributed by atoms with van der Waals surface area (Å²) in [4.78, 5) is 0. The van der Waals surface area contributed by atoms with Crippen molar-refractivity contribution in [2.75, 3.05) is 13.3 Å². The van der Waals surface area contributed by atoms with Crippen molar-refractivity contribution in [3.8, 4) is 0 Å². The van der Waals surface area contributed by atoms with Crippen LogP contribution in [0.5, 0.6) is 0 Å². The van der Waals surface area contributed by atoms with E-state index in [9.17, 15) is 0 Å². The first-order valence-electron chi connectivity index (χ1n) is 8.54. The third-order valence-corrected chi connectivity index (χ3v) is 15.3. The number of hydrogen-bond acceptors (Lipinski definition) is 0. The van der Waals surface area contributed by atoms with Crippen LogP contribution in [0.3, 0.4) is 0 Å². The van der Waals surface area contributed by atoms with Crippen LogP contribution in [0.2, 0.25) is 0 Å². The average molecular weight is 423 g/mol. The standard InChI is InChI=1S/C11H12P.C10H9.2ClH.Ti/c1-12(2)11-7-9-5-3-4-6-10(9)8-11;1-8-6-9-4-2-3-5-10(9)7-8;;;/h3-8H,1-2H3;2-7H,1H3;2*1H;/q;;;;+2/p-2. The molecule has 0 bridgehead atoms. The number of allylic oxidation sites excluding steroid dienone is 2. The molecule has 0 nitrogen and oxygen atoms in total. The molecule has 0 N–H and O–H groups in total. The van der Waals surface area contributed by atoms with Gasteiger partial charge in [0, 0.05) is 0 Å². The normalized spacial score (nSPS) is 21.8. The first kappa shape index (κ1) is 18.0. The molecule has 0 saturated heterocycles. The summed E-state index contributed by atoms with van der Waals surface area (Å²) < 4.78 is 0.425. The maximum absolute atomic E-state index is 7.42. The van der Waals surface area contributed by atoms with Crippen LogP contribution in [0.4, 0.5) is 0 Å². The van der Waals surface area contributed by atoms with Crippen molar-refractivity contribution in [1.82, 2.24) is 0 Å². The van der Waals surface area contributed by atoms with E-state index in [4.69, 9.17) is 18.6 Å². The topological polar surface area (TPSA) is 0 Å². The number of rotatable bonds is 3. The summed E-state index contributed by atoms with van der Waals surface area (Å²) in [6.07, 6.45) is 4.63. The predicted octanol–water partition coefficient (Wildman–Crippen LogP) is 7.44. The molecule has 2 aromatic rings. The molecule has 128 valence electrons. The van der Waals surface area contributed by atoms with Crippen molar-refractivity contribution in [2.45, 2.75) is 15.4 Å². The summed E-state index contributed by atoms with van der Waals surface area (Å²) in [5.41, 5.74) is 6.59. The molecule has 2 aliphatic carbocycles. The Morgan fingerprint density at radius 2 is 1.32 bits per heavy atom. The Kier molecular flexibility index (Phi) is 4.81. The van der Waals surface area contributed by atoms with Gasteiger partial charge >= 0.3 is 164 Å². The van der Waals surface area contributed by atoms with Gasteiger partial charge < -0.3 is 0 Å². The van der Waals surface area contributed by atoms with Crippen molar-refractivity contribution in [3.05, 3.63) is 81.7 Å². The van der Waals surface area contributed by atoms with Gasteiger partial charge in [-0.15, -0.1) is 0 Å². The van der Waals surface area contributed by atoms with E-state index in [1.54, 1.807) is 0 Å². The van der Waals surface area contributed by atoms with Crippen LogP contribution in [0.15, 0.2) is 59.4 Å². The van der Waals surface area contributed by atoms with Crippen LogP contribution in [-0.4, -0.2) is 13.3 Å². The molecule has 2 unspecified atom stereocenters. The zero-order valence-electron chi connectivity index (χ0n) is 14.6. The van der Waals surface area contributed by atoms with Gasteiger partial charge in [0.1, 0.15) is 0 Å². The number of fused-ring (bicyclic) bond motifs is 2. The monoisotopic (exact) mass is 422 g/mol. The SMILES string of the molecule is CC1=Cc2ccccc2[CH]1[Ti]([Cl])([Cl])[CH]1C(P(C)C)=Cc2ccccc21. The molecule has 0 saturated carbocycles. The second kappa shape index (κ2) is 6.67. The van der Waals surface area contributed by atoms with Crippen LogP contribution >= 0.6 is 26.5 Å². The molecule has 0 heterocycles. The minimum atomic E-state index is -3.33. The summed E-state index contributed by atoms with van der Waals surface area (Å²) in [7, 11) is 14.6. The molecule has 0 fully saturated rings. The summed E-state index contributed by atoms with van der Waals surface area (Å²) in [6, 6.07) is 17.2. The van der Waals surface area contributed by atoms with E-state index < -0.39 is 14.5 Å². The molecule has 0 aromatic heterocycles. The van der Waals surface area contributed by atoms with Crippen molar-refractivity contribution in [2.24, 2.45) is 0 Å². The third kappa shape index (κ3) is 2.91. The van der Waals surface area contributed by atoms with Crippen molar-refractivity contribution >= 4 is 38.7 Å². The third-order valence-electron chi connectivity index (χ3n) is 5.34. The van der Waals surface area contributed by atoms with Crippen LogP contribution in [0.25, 0.3) is 12.2 Å². The molecule has 2 atom stereocenters.